The third-order valence-electron chi connectivity index (χ3n) is 5.12. The van der Waals surface area contributed by atoms with Gasteiger partial charge in [-0.15, -0.1) is 0 Å². The second-order valence-electron chi connectivity index (χ2n) is 7.42. The molecule has 0 saturated carbocycles. The van der Waals surface area contributed by atoms with Gasteiger partial charge in [0.2, 0.25) is 21.8 Å². The van der Waals surface area contributed by atoms with Crippen LogP contribution in [0.2, 0.25) is 0 Å². The molecule has 1 fully saturated rings. The van der Waals surface area contributed by atoms with E-state index in [0.29, 0.717) is 0 Å². The topological polar surface area (TPSA) is 95.6 Å². The van der Waals surface area contributed by atoms with Crippen LogP contribution in [0, 0.1) is 5.82 Å². The SMILES string of the molecule is O=C(NCCC(=O)N1CCCC1)C(Cc1ccccc1)NS(=O)(=O)c1ccccc1F. The molecule has 1 heterocycles. The molecule has 1 unspecified atom stereocenters. The maximum absolute atomic E-state index is 14.0. The fraction of sp³-hybridized carbons (Fsp3) is 0.364. The number of nitrogens with one attached hydrogen (secondary N) is 2. The molecule has 166 valence electrons. The number of carbonyl (C=O) groups excluding carboxylic acids is 2. The Morgan fingerprint density at radius 3 is 2.32 bits per heavy atom. The van der Waals surface area contributed by atoms with Crippen LogP contribution in [0.25, 0.3) is 0 Å². The first kappa shape index (κ1) is 22.9. The lowest BCUT2D eigenvalue weighted by Gasteiger charge is -2.20. The number of rotatable bonds is 9. The highest BCUT2D eigenvalue weighted by atomic mass is 32.2. The first-order valence-corrected chi connectivity index (χ1v) is 11.7. The van der Waals surface area contributed by atoms with Crippen LogP contribution in [0.1, 0.15) is 24.8 Å². The Kier molecular flexibility index (Phi) is 7.75. The van der Waals surface area contributed by atoms with Crippen molar-refractivity contribution in [2.45, 2.75) is 36.6 Å². The molecule has 7 nitrogen and oxygen atoms in total. The van der Waals surface area contributed by atoms with E-state index in [9.17, 15) is 22.4 Å². The van der Waals surface area contributed by atoms with Gasteiger partial charge in [0.25, 0.3) is 0 Å². The molecule has 2 amide bonds. The van der Waals surface area contributed by atoms with Crippen LogP contribution in [-0.2, 0) is 26.0 Å². The molecule has 2 aromatic rings. The highest BCUT2D eigenvalue weighted by molar-refractivity contribution is 7.89. The summed E-state index contributed by atoms with van der Waals surface area (Å²) in [6, 6.07) is 12.8. The molecule has 2 N–H and O–H groups in total. The zero-order chi connectivity index (χ0) is 22.3. The van der Waals surface area contributed by atoms with E-state index in [4.69, 9.17) is 0 Å². The maximum Gasteiger partial charge on any atom is 0.244 e. The van der Waals surface area contributed by atoms with E-state index in [1.165, 1.54) is 12.1 Å². The van der Waals surface area contributed by atoms with Crippen LogP contribution in [-0.4, -0.2) is 50.8 Å². The number of likely N-dealkylation sites (tertiary alicyclic amines) is 1. The second kappa shape index (κ2) is 10.5. The maximum atomic E-state index is 14.0. The zero-order valence-electron chi connectivity index (χ0n) is 17.1. The Morgan fingerprint density at radius 1 is 1.00 bits per heavy atom. The summed E-state index contributed by atoms with van der Waals surface area (Å²) in [5.74, 6) is -1.51. The minimum absolute atomic E-state index is 0.0376. The van der Waals surface area contributed by atoms with Gasteiger partial charge in [0, 0.05) is 26.1 Å². The quantitative estimate of drug-likeness (QED) is 0.613. The van der Waals surface area contributed by atoms with Gasteiger partial charge in [0.05, 0.1) is 0 Å². The van der Waals surface area contributed by atoms with Crippen molar-refractivity contribution in [3.05, 3.63) is 66.0 Å². The zero-order valence-corrected chi connectivity index (χ0v) is 17.9. The Balaban J connectivity index is 1.69. The number of halogens is 1. The number of carbonyl (C=O) groups is 2. The van der Waals surface area contributed by atoms with E-state index in [-0.39, 0.29) is 25.3 Å². The van der Waals surface area contributed by atoms with Crippen LogP contribution in [0.5, 0.6) is 0 Å². The molecule has 3 rings (SSSR count). The van der Waals surface area contributed by atoms with E-state index in [0.717, 1.165) is 43.6 Å². The van der Waals surface area contributed by atoms with Crippen LogP contribution >= 0.6 is 0 Å². The third kappa shape index (κ3) is 6.35. The van der Waals surface area contributed by atoms with Gasteiger partial charge in [0.15, 0.2) is 0 Å². The number of amides is 2. The van der Waals surface area contributed by atoms with Crippen LogP contribution in [0.4, 0.5) is 4.39 Å². The normalized spacial score (nSPS) is 14.9. The molecule has 1 atom stereocenters. The minimum Gasteiger partial charge on any atom is -0.354 e. The van der Waals surface area contributed by atoms with E-state index in [1.54, 1.807) is 29.2 Å². The van der Waals surface area contributed by atoms with Gasteiger partial charge in [-0.05, 0) is 37.0 Å². The molecule has 0 aliphatic carbocycles. The Morgan fingerprint density at radius 2 is 1.65 bits per heavy atom. The van der Waals surface area contributed by atoms with Crippen molar-refractivity contribution in [1.82, 2.24) is 14.9 Å². The first-order valence-electron chi connectivity index (χ1n) is 10.2. The molecule has 0 spiro atoms. The lowest BCUT2D eigenvalue weighted by atomic mass is 10.1. The van der Waals surface area contributed by atoms with Gasteiger partial charge >= 0.3 is 0 Å². The number of benzene rings is 2. The number of nitrogens with zero attached hydrogens (tertiary/aromatic N) is 1. The van der Waals surface area contributed by atoms with Crippen molar-refractivity contribution in [1.29, 1.82) is 0 Å². The van der Waals surface area contributed by atoms with Crippen molar-refractivity contribution in [2.24, 2.45) is 0 Å². The standard InChI is InChI=1S/C22H26FN3O4S/c23-18-10-4-5-11-20(18)31(29,30)25-19(16-17-8-2-1-3-9-17)22(28)24-13-12-21(27)26-14-6-7-15-26/h1-5,8-11,19,25H,6-7,12-16H2,(H,24,28). The molecule has 0 bridgehead atoms. The van der Waals surface area contributed by atoms with E-state index < -0.39 is 32.7 Å². The highest BCUT2D eigenvalue weighted by Crippen LogP contribution is 2.15. The van der Waals surface area contributed by atoms with Crippen LogP contribution in [0.3, 0.4) is 0 Å². The van der Waals surface area contributed by atoms with Crippen molar-refractivity contribution in [3.63, 3.8) is 0 Å². The van der Waals surface area contributed by atoms with Crippen molar-refractivity contribution in [3.8, 4) is 0 Å². The highest BCUT2D eigenvalue weighted by Gasteiger charge is 2.28. The third-order valence-corrected chi connectivity index (χ3v) is 6.62. The summed E-state index contributed by atoms with van der Waals surface area (Å²) in [5, 5.41) is 2.64. The predicted octanol–water partition coefficient (Wildman–Crippen LogP) is 1.84. The summed E-state index contributed by atoms with van der Waals surface area (Å²) in [5.41, 5.74) is 0.743. The fourth-order valence-corrected chi connectivity index (χ4v) is 4.77. The van der Waals surface area contributed by atoms with Gasteiger partial charge in [-0.2, -0.15) is 4.72 Å². The summed E-state index contributed by atoms with van der Waals surface area (Å²) in [4.78, 5) is 26.2. The molecule has 1 saturated heterocycles. The van der Waals surface area contributed by atoms with Gasteiger partial charge in [-0.1, -0.05) is 42.5 Å². The molecule has 2 aromatic carbocycles. The predicted molar refractivity (Wildman–Crippen MR) is 114 cm³/mol. The lowest BCUT2D eigenvalue weighted by Crippen LogP contribution is -2.48. The molecule has 0 aromatic heterocycles. The molecule has 31 heavy (non-hydrogen) atoms. The van der Waals surface area contributed by atoms with Gasteiger partial charge in [0.1, 0.15) is 16.8 Å². The van der Waals surface area contributed by atoms with Crippen LogP contribution < -0.4 is 10.0 Å². The molecular weight excluding hydrogens is 421 g/mol. The molecule has 0 radical (unpaired) electrons. The Bertz CT molecular complexity index is 1010. The Hall–Kier alpha value is -2.78. The summed E-state index contributed by atoms with van der Waals surface area (Å²) in [6.07, 6.45) is 2.19. The van der Waals surface area contributed by atoms with Gasteiger partial charge < -0.3 is 10.2 Å². The summed E-state index contributed by atoms with van der Waals surface area (Å²) in [6.45, 7) is 1.55. The smallest absolute Gasteiger partial charge is 0.244 e. The Labute approximate surface area is 181 Å². The van der Waals surface area contributed by atoms with Gasteiger partial charge in [-0.25, -0.2) is 12.8 Å². The largest absolute Gasteiger partial charge is 0.354 e. The van der Waals surface area contributed by atoms with Crippen molar-refractivity contribution >= 4 is 21.8 Å². The summed E-state index contributed by atoms with van der Waals surface area (Å²) >= 11 is 0. The average molecular weight is 448 g/mol. The van der Waals surface area contributed by atoms with Gasteiger partial charge in [-0.3, -0.25) is 9.59 Å². The molecule has 1 aliphatic heterocycles. The minimum atomic E-state index is -4.27. The first-order chi connectivity index (χ1) is 14.9. The molecule has 9 heteroatoms. The van der Waals surface area contributed by atoms with E-state index >= 15 is 0 Å². The van der Waals surface area contributed by atoms with E-state index in [2.05, 4.69) is 10.0 Å². The summed E-state index contributed by atoms with van der Waals surface area (Å²) in [7, 11) is -4.27. The lowest BCUT2D eigenvalue weighted by molar-refractivity contribution is -0.130. The van der Waals surface area contributed by atoms with Crippen molar-refractivity contribution < 1.29 is 22.4 Å². The fourth-order valence-electron chi connectivity index (χ4n) is 3.49. The van der Waals surface area contributed by atoms with Crippen LogP contribution in [0.15, 0.2) is 59.5 Å². The number of hydrogen-bond donors (Lipinski definition) is 2. The average Bonchev–Trinajstić information content (AvgIpc) is 3.29. The second-order valence-corrected chi connectivity index (χ2v) is 9.11. The number of hydrogen-bond acceptors (Lipinski definition) is 4. The molecular formula is C22H26FN3O4S. The van der Waals surface area contributed by atoms with Crippen molar-refractivity contribution in [2.75, 3.05) is 19.6 Å². The van der Waals surface area contributed by atoms with E-state index in [1.807, 2.05) is 6.07 Å². The number of sulfonamides is 1. The molecule has 1 aliphatic rings. The monoisotopic (exact) mass is 447 g/mol. The summed E-state index contributed by atoms with van der Waals surface area (Å²) < 4.78 is 41.8.